The van der Waals surface area contributed by atoms with Gasteiger partial charge in [-0.2, -0.15) is 5.10 Å². The van der Waals surface area contributed by atoms with Gasteiger partial charge in [0.2, 0.25) is 5.88 Å². The van der Waals surface area contributed by atoms with Crippen LogP contribution >= 0.6 is 0 Å². The lowest BCUT2D eigenvalue weighted by molar-refractivity contribution is 0.251. The average Bonchev–Trinajstić information content (AvgIpc) is 2.85. The van der Waals surface area contributed by atoms with Gasteiger partial charge >= 0.3 is 6.03 Å². The number of urea groups is 1. The maximum Gasteiger partial charge on any atom is 0.319 e. The van der Waals surface area contributed by atoms with Crippen molar-refractivity contribution in [3.63, 3.8) is 0 Å². The van der Waals surface area contributed by atoms with Gasteiger partial charge < -0.3 is 15.4 Å². The second-order valence-electron chi connectivity index (χ2n) is 4.51. The van der Waals surface area contributed by atoms with Crippen molar-refractivity contribution in [2.45, 2.75) is 26.3 Å². The average molecular weight is 238 g/mol. The first-order valence-corrected chi connectivity index (χ1v) is 5.68. The summed E-state index contributed by atoms with van der Waals surface area (Å²) in [5, 5.41) is 9.88. The van der Waals surface area contributed by atoms with Crippen LogP contribution < -0.4 is 15.4 Å². The minimum atomic E-state index is -0.200. The summed E-state index contributed by atoms with van der Waals surface area (Å²) < 4.78 is 6.80. The van der Waals surface area contributed by atoms with Gasteiger partial charge in [-0.05, 0) is 19.3 Å². The van der Waals surface area contributed by atoms with Gasteiger partial charge in [-0.15, -0.1) is 0 Å². The van der Waals surface area contributed by atoms with E-state index < -0.39 is 0 Å². The number of ether oxygens (including phenoxy) is 1. The Balaban J connectivity index is 2.04. The molecule has 2 rings (SSSR count). The van der Waals surface area contributed by atoms with Crippen LogP contribution in [0.1, 0.15) is 19.0 Å². The highest BCUT2D eigenvalue weighted by molar-refractivity contribution is 5.91. The molecular formula is C11H18N4O2. The van der Waals surface area contributed by atoms with Crippen LogP contribution in [-0.4, -0.2) is 29.0 Å². The predicted molar refractivity (Wildman–Crippen MR) is 64.2 cm³/mol. The summed E-state index contributed by atoms with van der Waals surface area (Å²) >= 11 is 0. The van der Waals surface area contributed by atoms with Crippen LogP contribution in [0, 0.1) is 12.8 Å². The molecule has 0 aromatic carbocycles. The van der Waals surface area contributed by atoms with Crippen molar-refractivity contribution in [3.8, 4) is 5.88 Å². The Kier molecular flexibility index (Phi) is 2.95. The Labute approximate surface area is 100 Å². The van der Waals surface area contributed by atoms with Crippen LogP contribution in [0.5, 0.6) is 5.88 Å². The Bertz CT molecular complexity index is 441. The normalized spacial score (nSPS) is 22.1. The van der Waals surface area contributed by atoms with Crippen LogP contribution in [0.3, 0.4) is 0 Å². The quantitative estimate of drug-likeness (QED) is 0.833. The molecule has 2 unspecified atom stereocenters. The zero-order valence-corrected chi connectivity index (χ0v) is 10.6. The number of hydrogen-bond acceptors (Lipinski definition) is 3. The van der Waals surface area contributed by atoms with Gasteiger partial charge in [0.05, 0.1) is 12.8 Å². The molecule has 94 valence electrons. The first-order chi connectivity index (χ1) is 8.02. The molecule has 6 nitrogen and oxygen atoms in total. The Morgan fingerprint density at radius 1 is 1.59 bits per heavy atom. The molecule has 0 saturated heterocycles. The van der Waals surface area contributed by atoms with Gasteiger partial charge in [0.25, 0.3) is 0 Å². The molecule has 1 aromatic heterocycles. The number of carbonyl (C=O) groups excluding carboxylic acids is 1. The number of amides is 2. The van der Waals surface area contributed by atoms with E-state index in [4.69, 9.17) is 4.74 Å². The first kappa shape index (κ1) is 11.8. The van der Waals surface area contributed by atoms with Crippen LogP contribution in [-0.2, 0) is 7.05 Å². The van der Waals surface area contributed by atoms with Crippen LogP contribution in [0.25, 0.3) is 0 Å². The molecule has 1 heterocycles. The first-order valence-electron chi connectivity index (χ1n) is 5.68. The third-order valence-electron chi connectivity index (χ3n) is 3.03. The molecule has 1 aromatic rings. The Hall–Kier alpha value is -1.72. The fourth-order valence-electron chi connectivity index (χ4n) is 1.86. The molecule has 2 amide bonds. The molecule has 6 heteroatoms. The van der Waals surface area contributed by atoms with Gasteiger partial charge in [0, 0.05) is 13.1 Å². The maximum atomic E-state index is 11.7. The molecule has 2 N–H and O–H groups in total. The van der Waals surface area contributed by atoms with E-state index in [2.05, 4.69) is 22.7 Å². The van der Waals surface area contributed by atoms with Crippen molar-refractivity contribution < 1.29 is 9.53 Å². The van der Waals surface area contributed by atoms with Crippen LogP contribution in [0.4, 0.5) is 10.5 Å². The van der Waals surface area contributed by atoms with Gasteiger partial charge in [0.15, 0.2) is 0 Å². The van der Waals surface area contributed by atoms with Crippen molar-refractivity contribution in [1.29, 1.82) is 0 Å². The van der Waals surface area contributed by atoms with Crippen molar-refractivity contribution in [2.24, 2.45) is 13.0 Å². The number of methoxy groups -OCH3 is 1. The summed E-state index contributed by atoms with van der Waals surface area (Å²) in [5.41, 5.74) is 1.36. The molecule has 1 aliphatic rings. The largest absolute Gasteiger partial charge is 0.480 e. The topological polar surface area (TPSA) is 68.2 Å². The van der Waals surface area contributed by atoms with E-state index in [1.807, 2.05) is 6.92 Å². The maximum absolute atomic E-state index is 11.7. The summed E-state index contributed by atoms with van der Waals surface area (Å²) in [5.74, 6) is 1.14. The minimum Gasteiger partial charge on any atom is -0.480 e. The van der Waals surface area contributed by atoms with Gasteiger partial charge in [-0.25, -0.2) is 9.48 Å². The summed E-state index contributed by atoms with van der Waals surface area (Å²) in [6.45, 7) is 3.94. The molecular weight excluding hydrogens is 220 g/mol. The van der Waals surface area contributed by atoms with Crippen molar-refractivity contribution in [3.05, 3.63) is 5.69 Å². The van der Waals surface area contributed by atoms with E-state index in [0.717, 1.165) is 12.1 Å². The molecule has 17 heavy (non-hydrogen) atoms. The van der Waals surface area contributed by atoms with Gasteiger partial charge in [0.1, 0.15) is 5.69 Å². The van der Waals surface area contributed by atoms with Crippen LogP contribution in [0.15, 0.2) is 0 Å². The summed E-state index contributed by atoms with van der Waals surface area (Å²) in [6.07, 6.45) is 1.05. The SMILES string of the molecule is COc1c(NC(=O)NC2CC2C)c(C)nn1C. The summed E-state index contributed by atoms with van der Waals surface area (Å²) in [7, 11) is 3.33. The monoisotopic (exact) mass is 238 g/mol. The molecule has 0 spiro atoms. The van der Waals surface area contributed by atoms with E-state index >= 15 is 0 Å². The molecule has 2 atom stereocenters. The third-order valence-corrected chi connectivity index (χ3v) is 3.03. The predicted octanol–water partition coefficient (Wildman–Crippen LogP) is 1.27. The van der Waals surface area contributed by atoms with E-state index in [0.29, 0.717) is 23.5 Å². The standard InChI is InChI=1S/C11H18N4O2/c1-6-5-8(6)12-11(16)13-9-7(2)14-15(3)10(9)17-4/h6,8H,5H2,1-4H3,(H2,12,13,16). The van der Waals surface area contributed by atoms with E-state index in [1.54, 1.807) is 18.8 Å². The number of carbonyl (C=O) groups is 1. The number of nitrogens with zero attached hydrogens (tertiary/aromatic N) is 2. The fraction of sp³-hybridized carbons (Fsp3) is 0.636. The second kappa shape index (κ2) is 4.27. The van der Waals surface area contributed by atoms with Gasteiger partial charge in [-0.3, -0.25) is 0 Å². The summed E-state index contributed by atoms with van der Waals surface area (Å²) in [4.78, 5) is 11.7. The number of rotatable bonds is 3. The van der Waals surface area contributed by atoms with Gasteiger partial charge in [-0.1, -0.05) is 6.92 Å². The second-order valence-corrected chi connectivity index (χ2v) is 4.51. The highest BCUT2D eigenvalue weighted by Crippen LogP contribution is 2.30. The Morgan fingerprint density at radius 2 is 2.24 bits per heavy atom. The fourth-order valence-corrected chi connectivity index (χ4v) is 1.86. The summed E-state index contributed by atoms with van der Waals surface area (Å²) in [6, 6.07) is 0.103. The van der Waals surface area contributed by atoms with E-state index in [9.17, 15) is 4.79 Å². The molecule has 0 radical (unpaired) electrons. The number of anilines is 1. The van der Waals surface area contributed by atoms with Crippen molar-refractivity contribution in [2.75, 3.05) is 12.4 Å². The number of aryl methyl sites for hydroxylation is 2. The van der Waals surface area contributed by atoms with E-state index in [1.165, 1.54) is 0 Å². The number of nitrogens with one attached hydrogen (secondary N) is 2. The zero-order valence-electron chi connectivity index (χ0n) is 10.6. The van der Waals surface area contributed by atoms with Crippen molar-refractivity contribution >= 4 is 11.7 Å². The smallest absolute Gasteiger partial charge is 0.319 e. The molecule has 1 saturated carbocycles. The Morgan fingerprint density at radius 3 is 2.76 bits per heavy atom. The van der Waals surface area contributed by atoms with Crippen molar-refractivity contribution in [1.82, 2.24) is 15.1 Å². The molecule has 0 aliphatic heterocycles. The number of hydrogen-bond donors (Lipinski definition) is 2. The third kappa shape index (κ3) is 2.35. The lowest BCUT2D eigenvalue weighted by Crippen LogP contribution is -2.31. The lowest BCUT2D eigenvalue weighted by atomic mass is 10.4. The zero-order chi connectivity index (χ0) is 12.6. The number of aromatic nitrogens is 2. The minimum absolute atomic E-state index is 0.200. The van der Waals surface area contributed by atoms with Crippen LogP contribution in [0.2, 0.25) is 0 Å². The molecule has 1 aliphatic carbocycles. The highest BCUT2D eigenvalue weighted by atomic mass is 16.5. The molecule has 1 fully saturated rings. The molecule has 0 bridgehead atoms. The highest BCUT2D eigenvalue weighted by Gasteiger charge is 2.34. The lowest BCUT2D eigenvalue weighted by Gasteiger charge is -2.08. The van der Waals surface area contributed by atoms with E-state index in [-0.39, 0.29) is 6.03 Å².